The maximum atomic E-state index is 12.6. The molecule has 0 aromatic heterocycles. The minimum atomic E-state index is -0.522. The number of ether oxygens (including phenoxy) is 1. The fraction of sp³-hybridized carbons (Fsp3) is 0.529. The van der Waals surface area contributed by atoms with Gasteiger partial charge in [0.25, 0.3) is 0 Å². The lowest BCUT2D eigenvalue weighted by atomic mass is 9.98. The van der Waals surface area contributed by atoms with Crippen LogP contribution in [0.5, 0.6) is 0 Å². The van der Waals surface area contributed by atoms with Gasteiger partial charge in [0, 0.05) is 5.56 Å². The summed E-state index contributed by atoms with van der Waals surface area (Å²) in [7, 11) is 1.34. The Balaban J connectivity index is 2.86. The largest absolute Gasteiger partial charge is 0.469 e. The van der Waals surface area contributed by atoms with Gasteiger partial charge in [0.15, 0.2) is 5.78 Å². The molecule has 0 saturated heterocycles. The topological polar surface area (TPSA) is 55.4 Å². The molecular weight excluding hydrogens is 266 g/mol. The molecule has 1 unspecified atom stereocenters. The van der Waals surface area contributed by atoms with Gasteiger partial charge in [-0.05, 0) is 44.0 Å². The highest BCUT2D eigenvalue weighted by atomic mass is 16.5. The van der Waals surface area contributed by atoms with Crippen molar-refractivity contribution >= 4 is 11.8 Å². The Morgan fingerprint density at radius 2 is 1.95 bits per heavy atom. The second kappa shape index (κ2) is 8.57. The summed E-state index contributed by atoms with van der Waals surface area (Å²) in [5, 5.41) is 3.17. The zero-order valence-electron chi connectivity index (χ0n) is 13.4. The van der Waals surface area contributed by atoms with E-state index in [1.807, 2.05) is 32.0 Å². The minimum Gasteiger partial charge on any atom is -0.469 e. The van der Waals surface area contributed by atoms with Crippen LogP contribution in [0.25, 0.3) is 0 Å². The van der Waals surface area contributed by atoms with Crippen LogP contribution in [0, 0.1) is 13.8 Å². The highest BCUT2D eigenvalue weighted by Crippen LogP contribution is 2.13. The quantitative estimate of drug-likeness (QED) is 0.454. The van der Waals surface area contributed by atoms with Crippen LogP contribution in [0.4, 0.5) is 0 Å². The van der Waals surface area contributed by atoms with Gasteiger partial charge in [-0.2, -0.15) is 0 Å². The van der Waals surface area contributed by atoms with Gasteiger partial charge in [-0.15, -0.1) is 0 Å². The second-order valence-corrected chi connectivity index (χ2v) is 5.30. The van der Waals surface area contributed by atoms with Gasteiger partial charge in [0.05, 0.1) is 19.6 Å². The van der Waals surface area contributed by atoms with Gasteiger partial charge in [-0.3, -0.25) is 9.59 Å². The number of hydrogen-bond acceptors (Lipinski definition) is 4. The van der Waals surface area contributed by atoms with Crippen LogP contribution in [-0.4, -0.2) is 31.4 Å². The molecule has 1 aromatic carbocycles. The molecule has 0 radical (unpaired) electrons. The van der Waals surface area contributed by atoms with Gasteiger partial charge >= 0.3 is 5.97 Å². The lowest BCUT2D eigenvalue weighted by Crippen LogP contribution is -2.39. The molecule has 0 aliphatic rings. The summed E-state index contributed by atoms with van der Waals surface area (Å²) in [4.78, 5) is 24.1. The third-order valence-corrected chi connectivity index (χ3v) is 3.63. The lowest BCUT2D eigenvalue weighted by Gasteiger charge is -2.17. The Bertz CT molecular complexity index is 497. The molecule has 1 aromatic rings. The van der Waals surface area contributed by atoms with E-state index in [9.17, 15) is 9.59 Å². The Kier molecular flexibility index (Phi) is 7.09. The number of nitrogens with one attached hydrogen (secondary N) is 1. The molecule has 4 nitrogen and oxygen atoms in total. The number of carbonyl (C=O) groups excluding carboxylic acids is 2. The van der Waals surface area contributed by atoms with E-state index in [4.69, 9.17) is 0 Å². The lowest BCUT2D eigenvalue weighted by molar-refractivity contribution is -0.140. The molecular formula is C17H25NO3. The summed E-state index contributed by atoms with van der Waals surface area (Å²) in [6.07, 6.45) is 2.07. The predicted octanol–water partition coefficient (Wildman–Crippen LogP) is 2.81. The molecule has 0 bridgehead atoms. The monoisotopic (exact) mass is 291 g/mol. The number of ketones is 1. The molecule has 4 heteroatoms. The predicted molar refractivity (Wildman–Crippen MR) is 83.6 cm³/mol. The SMILES string of the molecule is CCCCNC(CC(=O)OC)C(=O)c1ccc(C)c(C)c1. The molecule has 21 heavy (non-hydrogen) atoms. The van der Waals surface area contributed by atoms with Crippen LogP contribution < -0.4 is 5.32 Å². The first-order valence-electron chi connectivity index (χ1n) is 7.41. The molecule has 116 valence electrons. The fourth-order valence-corrected chi connectivity index (χ4v) is 2.06. The van der Waals surface area contributed by atoms with Crippen molar-refractivity contribution in [1.29, 1.82) is 0 Å². The molecule has 0 amide bonds. The van der Waals surface area contributed by atoms with Crippen molar-refractivity contribution in [3.05, 3.63) is 34.9 Å². The zero-order chi connectivity index (χ0) is 15.8. The Hall–Kier alpha value is -1.68. The van der Waals surface area contributed by atoms with Crippen molar-refractivity contribution in [3.8, 4) is 0 Å². The summed E-state index contributed by atoms with van der Waals surface area (Å²) in [5.74, 6) is -0.430. The average molecular weight is 291 g/mol. The number of Topliss-reactive ketones (excluding diaryl/α,β-unsaturated/α-hetero) is 1. The number of benzene rings is 1. The van der Waals surface area contributed by atoms with Crippen LogP contribution >= 0.6 is 0 Å². The van der Waals surface area contributed by atoms with Crippen LogP contribution in [0.2, 0.25) is 0 Å². The first kappa shape index (κ1) is 17.4. The molecule has 1 N–H and O–H groups in total. The van der Waals surface area contributed by atoms with Crippen molar-refractivity contribution in [2.45, 2.75) is 46.1 Å². The first-order chi connectivity index (χ1) is 9.99. The Morgan fingerprint density at radius 3 is 2.52 bits per heavy atom. The van der Waals surface area contributed by atoms with Crippen LogP contribution in [0.15, 0.2) is 18.2 Å². The number of hydrogen-bond donors (Lipinski definition) is 1. The number of carbonyl (C=O) groups is 2. The summed E-state index contributed by atoms with van der Waals surface area (Å²) >= 11 is 0. The molecule has 0 aliphatic heterocycles. The van der Waals surface area contributed by atoms with Gasteiger partial charge in [-0.25, -0.2) is 0 Å². The molecule has 0 spiro atoms. The summed E-state index contributed by atoms with van der Waals surface area (Å²) in [6.45, 7) is 6.79. The molecule has 0 saturated carbocycles. The summed E-state index contributed by atoms with van der Waals surface area (Å²) in [6, 6.07) is 5.11. The van der Waals surface area contributed by atoms with E-state index >= 15 is 0 Å². The smallest absolute Gasteiger partial charge is 0.307 e. The Labute approximate surface area is 126 Å². The van der Waals surface area contributed by atoms with Gasteiger partial charge in [0.1, 0.15) is 0 Å². The van der Waals surface area contributed by atoms with Crippen molar-refractivity contribution in [2.24, 2.45) is 0 Å². The van der Waals surface area contributed by atoms with Gasteiger partial charge < -0.3 is 10.1 Å². The zero-order valence-corrected chi connectivity index (χ0v) is 13.4. The van der Waals surface area contributed by atoms with Crippen molar-refractivity contribution in [3.63, 3.8) is 0 Å². The number of unbranched alkanes of at least 4 members (excludes halogenated alkanes) is 1. The third-order valence-electron chi connectivity index (χ3n) is 3.63. The maximum Gasteiger partial charge on any atom is 0.307 e. The van der Waals surface area contributed by atoms with Crippen LogP contribution in [0.1, 0.15) is 47.7 Å². The highest BCUT2D eigenvalue weighted by Gasteiger charge is 2.23. The molecule has 0 fully saturated rings. The number of rotatable bonds is 8. The number of esters is 1. The van der Waals surface area contributed by atoms with Crippen molar-refractivity contribution in [1.82, 2.24) is 5.32 Å². The highest BCUT2D eigenvalue weighted by molar-refractivity contribution is 6.02. The maximum absolute atomic E-state index is 12.6. The minimum absolute atomic E-state index is 0.0559. The van der Waals surface area contributed by atoms with E-state index in [1.54, 1.807) is 0 Å². The molecule has 1 rings (SSSR count). The Morgan fingerprint density at radius 1 is 1.24 bits per heavy atom. The van der Waals surface area contributed by atoms with Gasteiger partial charge in [-0.1, -0.05) is 25.5 Å². The van der Waals surface area contributed by atoms with Gasteiger partial charge in [0.2, 0.25) is 0 Å². The third kappa shape index (κ3) is 5.31. The summed E-state index contributed by atoms with van der Waals surface area (Å²) < 4.78 is 4.68. The van der Waals surface area contributed by atoms with E-state index in [0.29, 0.717) is 5.56 Å². The first-order valence-corrected chi connectivity index (χ1v) is 7.41. The summed E-state index contributed by atoms with van der Waals surface area (Å²) in [5.41, 5.74) is 2.86. The van der Waals surface area contributed by atoms with E-state index < -0.39 is 6.04 Å². The van der Waals surface area contributed by atoms with Crippen molar-refractivity contribution in [2.75, 3.05) is 13.7 Å². The van der Waals surface area contributed by atoms with Crippen LogP contribution in [-0.2, 0) is 9.53 Å². The van der Waals surface area contributed by atoms with E-state index in [-0.39, 0.29) is 18.2 Å². The normalized spacial score (nSPS) is 12.0. The van der Waals surface area contributed by atoms with Crippen LogP contribution in [0.3, 0.4) is 0 Å². The van der Waals surface area contributed by atoms with E-state index in [2.05, 4.69) is 17.0 Å². The molecule has 1 atom stereocenters. The van der Waals surface area contributed by atoms with Crippen molar-refractivity contribution < 1.29 is 14.3 Å². The second-order valence-electron chi connectivity index (χ2n) is 5.30. The average Bonchev–Trinajstić information content (AvgIpc) is 2.48. The molecule has 0 heterocycles. The van der Waals surface area contributed by atoms with E-state index in [0.717, 1.165) is 30.5 Å². The fourth-order valence-electron chi connectivity index (χ4n) is 2.06. The van der Waals surface area contributed by atoms with E-state index in [1.165, 1.54) is 7.11 Å². The number of aryl methyl sites for hydroxylation is 2. The number of methoxy groups -OCH3 is 1. The standard InChI is InChI=1S/C17H25NO3/c1-5-6-9-18-15(11-16(19)21-4)17(20)14-8-7-12(2)13(3)10-14/h7-8,10,15,18H,5-6,9,11H2,1-4H3. The molecule has 0 aliphatic carbocycles.